The Hall–Kier alpha value is -6.56. The SMILES string of the molecule is CC(C)c1cc(-c2ccccc2)cc(C(C)C)c1-c1cc(Oc2[c-]c3c(cc2)c2ccccc2n3-c2ccccn2)[c-]c(N2[CH-]N(c3c(F)cccc3F)c3cc(C(C)(C)C)ccc32)c1.[Pt]. The van der Waals surface area contributed by atoms with Crippen LogP contribution in [0.4, 0.5) is 31.5 Å². The molecule has 334 valence electrons. The van der Waals surface area contributed by atoms with Gasteiger partial charge < -0.3 is 19.1 Å². The number of aromatic nitrogens is 2. The second-order valence-corrected chi connectivity index (χ2v) is 18.4. The second-order valence-electron chi connectivity index (χ2n) is 18.4. The number of pyridine rings is 1. The van der Waals surface area contributed by atoms with Crippen molar-refractivity contribution in [2.75, 3.05) is 9.80 Å². The molecule has 0 radical (unpaired) electrons. The van der Waals surface area contributed by atoms with Gasteiger partial charge in [-0.3, -0.25) is 0 Å². The minimum absolute atomic E-state index is 0. The molecule has 10 rings (SSSR count). The maximum absolute atomic E-state index is 15.8. The van der Waals surface area contributed by atoms with Crippen LogP contribution in [0, 0.1) is 30.4 Å². The summed E-state index contributed by atoms with van der Waals surface area (Å²) >= 11 is 0. The van der Waals surface area contributed by atoms with Crippen molar-refractivity contribution in [3.05, 3.63) is 199 Å². The number of para-hydroxylation sites is 2. The van der Waals surface area contributed by atoms with Gasteiger partial charge in [-0.15, -0.1) is 53.6 Å². The molecule has 7 aromatic carbocycles. The number of ether oxygens (including phenoxy) is 1. The van der Waals surface area contributed by atoms with Gasteiger partial charge in [-0.25, -0.2) is 13.8 Å². The summed E-state index contributed by atoms with van der Waals surface area (Å²) in [6.07, 6.45) is 1.79. The maximum atomic E-state index is 15.8. The quantitative estimate of drug-likeness (QED) is 0.135. The van der Waals surface area contributed by atoms with Gasteiger partial charge in [0.2, 0.25) is 0 Å². The number of halogens is 2. The van der Waals surface area contributed by atoms with Crippen molar-refractivity contribution in [3.8, 4) is 39.6 Å². The molecule has 66 heavy (non-hydrogen) atoms. The third kappa shape index (κ3) is 8.08. The molecular formula is C58H49F2N4OPt-3. The smallest absolute Gasteiger partial charge is 0.147 e. The molecule has 0 amide bonds. The predicted octanol–water partition coefficient (Wildman–Crippen LogP) is 16.1. The Bertz CT molecular complexity index is 3200. The molecule has 2 aromatic heterocycles. The normalized spacial score (nSPS) is 12.7. The molecule has 1 aliphatic rings. The third-order valence-corrected chi connectivity index (χ3v) is 12.4. The minimum Gasteiger partial charge on any atom is -0.509 e. The first kappa shape index (κ1) is 44.6. The summed E-state index contributed by atoms with van der Waals surface area (Å²) in [6.45, 7) is 17.1. The van der Waals surface area contributed by atoms with Crippen LogP contribution in [0.1, 0.15) is 77.0 Å². The molecule has 0 spiro atoms. The molecule has 8 heteroatoms. The standard InChI is InChI=1S/C58H49F2N4O.Pt/c1-36(2)47-30-39(38-16-9-8-10-17-38)31-48(37(3)4)56(47)40-28-42(62-35-63(57-49(59)19-15-20-50(57)60)54-32-41(58(5,6)7)23-26-52(54)62)33-44(29-40)65-43-24-25-46-45-18-11-12-21-51(45)64(53(46)34-43)55-22-13-14-27-61-55;/h8-32,35-37H,1-7H3;/q-3;. The zero-order chi connectivity index (χ0) is 45.1. The predicted molar refractivity (Wildman–Crippen MR) is 262 cm³/mol. The molecule has 0 saturated heterocycles. The molecule has 0 bridgehead atoms. The number of nitrogens with zero attached hydrogens (tertiary/aromatic N) is 4. The fourth-order valence-electron chi connectivity index (χ4n) is 9.08. The average Bonchev–Trinajstić information content (AvgIpc) is 3.84. The number of hydrogen-bond donors (Lipinski definition) is 0. The first-order valence-corrected chi connectivity index (χ1v) is 22.2. The Morgan fingerprint density at radius 3 is 1.98 bits per heavy atom. The first-order valence-electron chi connectivity index (χ1n) is 22.2. The van der Waals surface area contributed by atoms with Crippen LogP contribution in [-0.4, -0.2) is 9.55 Å². The van der Waals surface area contributed by atoms with Crippen molar-refractivity contribution in [3.63, 3.8) is 0 Å². The Morgan fingerprint density at radius 2 is 1.30 bits per heavy atom. The van der Waals surface area contributed by atoms with Crippen LogP contribution in [0.15, 0.2) is 152 Å². The van der Waals surface area contributed by atoms with Crippen LogP contribution in [-0.2, 0) is 26.5 Å². The van der Waals surface area contributed by atoms with E-state index in [2.05, 4.69) is 138 Å². The molecular weight excluding hydrogens is 1000 g/mol. The molecule has 0 fully saturated rings. The summed E-state index contributed by atoms with van der Waals surface area (Å²) in [5.41, 5.74) is 11.3. The summed E-state index contributed by atoms with van der Waals surface area (Å²) in [6, 6.07) is 54.8. The molecule has 0 N–H and O–H groups in total. The van der Waals surface area contributed by atoms with Gasteiger partial charge in [0.05, 0.1) is 5.69 Å². The summed E-state index contributed by atoms with van der Waals surface area (Å²) in [5, 5.41) is 2.11. The molecule has 3 heterocycles. The van der Waals surface area contributed by atoms with Crippen molar-refractivity contribution in [1.82, 2.24) is 9.55 Å². The van der Waals surface area contributed by atoms with Gasteiger partial charge in [0.25, 0.3) is 0 Å². The summed E-state index contributed by atoms with van der Waals surface area (Å²) in [7, 11) is 0. The molecule has 0 unspecified atom stereocenters. The third-order valence-electron chi connectivity index (χ3n) is 12.4. The number of rotatable bonds is 9. The molecule has 5 nitrogen and oxygen atoms in total. The van der Waals surface area contributed by atoms with E-state index in [9.17, 15) is 0 Å². The van der Waals surface area contributed by atoms with E-state index in [-0.39, 0.29) is 44.0 Å². The Balaban J connectivity index is 0.00000548. The zero-order valence-electron chi connectivity index (χ0n) is 37.9. The topological polar surface area (TPSA) is 33.5 Å². The fourth-order valence-corrected chi connectivity index (χ4v) is 9.08. The fraction of sp³-hybridized carbons (Fsp3) is 0.172. The number of benzene rings is 7. The molecule has 9 aromatic rings. The van der Waals surface area contributed by atoms with E-state index in [4.69, 9.17) is 9.72 Å². The number of fused-ring (bicyclic) bond motifs is 4. The van der Waals surface area contributed by atoms with Gasteiger partial charge in [0.15, 0.2) is 0 Å². The van der Waals surface area contributed by atoms with E-state index in [0.717, 1.165) is 61.1 Å². The summed E-state index contributed by atoms with van der Waals surface area (Å²) < 4.78 is 40.6. The molecule has 0 aliphatic carbocycles. The van der Waals surface area contributed by atoms with E-state index < -0.39 is 11.6 Å². The van der Waals surface area contributed by atoms with Gasteiger partial charge in [-0.05, 0) is 98.5 Å². The zero-order valence-corrected chi connectivity index (χ0v) is 40.2. The van der Waals surface area contributed by atoms with Crippen LogP contribution in [0.2, 0.25) is 0 Å². The number of anilines is 4. The van der Waals surface area contributed by atoms with Crippen LogP contribution in [0.3, 0.4) is 0 Å². The van der Waals surface area contributed by atoms with Crippen molar-refractivity contribution in [2.45, 2.75) is 65.7 Å². The molecule has 0 atom stereocenters. The van der Waals surface area contributed by atoms with Gasteiger partial charge in [-0.2, -0.15) is 6.07 Å². The van der Waals surface area contributed by atoms with Gasteiger partial charge in [0, 0.05) is 55.7 Å². The summed E-state index contributed by atoms with van der Waals surface area (Å²) in [4.78, 5) is 8.29. The van der Waals surface area contributed by atoms with E-state index in [0.29, 0.717) is 22.9 Å². The maximum Gasteiger partial charge on any atom is 0.147 e. The Labute approximate surface area is 400 Å². The van der Waals surface area contributed by atoms with E-state index in [1.54, 1.807) is 17.8 Å². The van der Waals surface area contributed by atoms with Gasteiger partial charge >= 0.3 is 0 Å². The van der Waals surface area contributed by atoms with E-state index >= 15 is 8.78 Å². The van der Waals surface area contributed by atoms with Gasteiger partial charge in [0.1, 0.15) is 17.5 Å². The van der Waals surface area contributed by atoms with Crippen LogP contribution in [0.5, 0.6) is 11.5 Å². The van der Waals surface area contributed by atoms with Crippen LogP contribution in [0.25, 0.3) is 49.9 Å². The summed E-state index contributed by atoms with van der Waals surface area (Å²) in [5.74, 6) is 0.754. The largest absolute Gasteiger partial charge is 0.509 e. The Morgan fingerprint density at radius 1 is 0.606 bits per heavy atom. The van der Waals surface area contributed by atoms with Crippen LogP contribution >= 0.6 is 0 Å². The number of hydrogen-bond acceptors (Lipinski definition) is 4. The van der Waals surface area contributed by atoms with Crippen LogP contribution < -0.4 is 14.5 Å². The van der Waals surface area contributed by atoms with Gasteiger partial charge in [-0.1, -0.05) is 133 Å². The van der Waals surface area contributed by atoms with Crippen molar-refractivity contribution >= 4 is 44.6 Å². The molecule has 0 saturated carbocycles. The Kier molecular flexibility index (Phi) is 12.0. The van der Waals surface area contributed by atoms with Crippen molar-refractivity contribution in [2.24, 2.45) is 0 Å². The van der Waals surface area contributed by atoms with E-state index in [1.165, 1.54) is 29.3 Å². The second kappa shape index (κ2) is 17.7. The minimum atomic E-state index is -0.660. The first-order chi connectivity index (χ1) is 31.3. The van der Waals surface area contributed by atoms with Crippen molar-refractivity contribution < 1.29 is 34.6 Å². The monoisotopic (exact) mass is 1050 g/mol. The van der Waals surface area contributed by atoms with Crippen molar-refractivity contribution in [1.29, 1.82) is 0 Å². The average molecular weight is 1050 g/mol. The molecule has 1 aliphatic heterocycles. The van der Waals surface area contributed by atoms with E-state index in [1.807, 2.05) is 59.5 Å².